The van der Waals surface area contributed by atoms with E-state index in [1.807, 2.05) is 0 Å². The number of aryl methyl sites for hydroxylation is 2. The minimum Gasteiger partial charge on any atom is -0.365 e. The Morgan fingerprint density at radius 3 is 2.68 bits per heavy atom. The van der Waals surface area contributed by atoms with Crippen LogP contribution in [0.2, 0.25) is 0 Å². The van der Waals surface area contributed by atoms with Crippen molar-refractivity contribution in [2.24, 2.45) is 12.8 Å². The van der Waals surface area contributed by atoms with Crippen LogP contribution in [0.4, 0.5) is 24.5 Å². The molecular formula is C18H18F3N5O2. The van der Waals surface area contributed by atoms with E-state index < -0.39 is 41.8 Å². The van der Waals surface area contributed by atoms with Crippen molar-refractivity contribution in [2.45, 2.75) is 26.0 Å². The molecular weight excluding hydrogens is 375 g/mol. The highest BCUT2D eigenvalue weighted by Crippen LogP contribution is 2.31. The molecule has 3 rings (SSSR count). The number of rotatable bonds is 4. The van der Waals surface area contributed by atoms with Crippen molar-refractivity contribution in [2.75, 3.05) is 5.32 Å². The Hall–Kier alpha value is -3.30. The van der Waals surface area contributed by atoms with E-state index in [1.54, 1.807) is 7.05 Å². The average Bonchev–Trinajstić information content (AvgIpc) is 2.96. The fraction of sp³-hybridized carbons (Fsp3) is 0.278. The topological polar surface area (TPSA) is 94.9 Å². The summed E-state index contributed by atoms with van der Waals surface area (Å²) in [5.41, 5.74) is 3.89. The number of nitrogens with zero attached hydrogens (tertiary/aromatic N) is 3. The molecule has 0 saturated carbocycles. The number of alkyl halides is 3. The van der Waals surface area contributed by atoms with E-state index in [0.717, 1.165) is 19.3 Å². The summed E-state index contributed by atoms with van der Waals surface area (Å²) in [7, 11) is 1.58. The molecule has 0 aliphatic carbocycles. The van der Waals surface area contributed by atoms with Crippen molar-refractivity contribution in [3.63, 3.8) is 0 Å². The Bertz CT molecular complexity index is 1230. The van der Waals surface area contributed by atoms with Crippen LogP contribution in [-0.4, -0.2) is 26.2 Å². The van der Waals surface area contributed by atoms with Gasteiger partial charge in [0.25, 0.3) is 11.5 Å². The van der Waals surface area contributed by atoms with Gasteiger partial charge in [0.05, 0.1) is 33.5 Å². The molecule has 1 atom stereocenters. The first kappa shape index (κ1) is 15.7. The summed E-state index contributed by atoms with van der Waals surface area (Å²) in [5.74, 6) is -1.06. The van der Waals surface area contributed by atoms with Gasteiger partial charge in [-0.2, -0.15) is 13.2 Å². The molecule has 3 heterocycles. The molecule has 148 valence electrons. The fourth-order valence-corrected chi connectivity index (χ4v) is 2.93. The molecule has 10 heteroatoms. The van der Waals surface area contributed by atoms with Crippen LogP contribution >= 0.6 is 0 Å². The number of nitrogens with one attached hydrogen (secondary N) is 1. The molecule has 0 aromatic carbocycles. The number of hydrogen-bond donors (Lipinski definition) is 2. The fourth-order valence-electron chi connectivity index (χ4n) is 2.93. The van der Waals surface area contributed by atoms with Crippen LogP contribution in [0.1, 0.15) is 33.1 Å². The minimum absolute atomic E-state index is 0.0419. The molecule has 0 spiro atoms. The molecule has 0 aliphatic rings. The van der Waals surface area contributed by atoms with Crippen LogP contribution in [0.3, 0.4) is 0 Å². The molecule has 3 aromatic heterocycles. The van der Waals surface area contributed by atoms with Crippen LogP contribution in [0.25, 0.3) is 10.9 Å². The summed E-state index contributed by atoms with van der Waals surface area (Å²) in [6.45, 7) is -1.88. The van der Waals surface area contributed by atoms with E-state index in [9.17, 15) is 22.8 Å². The number of fused-ring (bicyclic) bond motifs is 1. The van der Waals surface area contributed by atoms with Crippen molar-refractivity contribution < 1.29 is 22.1 Å². The van der Waals surface area contributed by atoms with E-state index in [4.69, 9.17) is 9.85 Å². The molecule has 0 aliphatic heterocycles. The van der Waals surface area contributed by atoms with Gasteiger partial charge in [0.2, 0.25) is 0 Å². The van der Waals surface area contributed by atoms with Crippen LogP contribution in [0.5, 0.6) is 0 Å². The first-order chi connectivity index (χ1) is 14.2. The monoisotopic (exact) mass is 396 g/mol. The quantitative estimate of drug-likeness (QED) is 0.709. The Balaban J connectivity index is 2.22. The second-order valence-corrected chi connectivity index (χ2v) is 6.23. The first-order valence-electron chi connectivity index (χ1n) is 9.56. The minimum atomic E-state index is -4.64. The van der Waals surface area contributed by atoms with Gasteiger partial charge >= 0.3 is 6.18 Å². The number of primary amides is 1. The Labute approximate surface area is 161 Å². The molecule has 3 aromatic rings. The van der Waals surface area contributed by atoms with Gasteiger partial charge in [-0.1, -0.05) is 0 Å². The number of anilines is 2. The van der Waals surface area contributed by atoms with Gasteiger partial charge in [0.1, 0.15) is 6.04 Å². The lowest BCUT2D eigenvalue weighted by Crippen LogP contribution is -2.32. The maximum Gasteiger partial charge on any atom is 0.408 e. The highest BCUT2D eigenvalue weighted by Gasteiger charge is 2.38. The van der Waals surface area contributed by atoms with Crippen molar-refractivity contribution in [3.8, 4) is 0 Å². The van der Waals surface area contributed by atoms with Crippen LogP contribution in [-0.2, 0) is 7.05 Å². The summed E-state index contributed by atoms with van der Waals surface area (Å²) in [4.78, 5) is 28.6. The number of carbonyl (C=O) groups is 1. The number of nitrogens with two attached hydrogens (primary N) is 1. The van der Waals surface area contributed by atoms with Gasteiger partial charge in [-0.25, -0.2) is 0 Å². The second-order valence-electron chi connectivity index (χ2n) is 6.23. The number of hydrogen-bond acceptors (Lipinski definition) is 4. The van der Waals surface area contributed by atoms with Gasteiger partial charge in [-0.3, -0.25) is 14.6 Å². The van der Waals surface area contributed by atoms with Crippen molar-refractivity contribution in [3.05, 3.63) is 52.3 Å². The van der Waals surface area contributed by atoms with Gasteiger partial charge in [0.15, 0.2) is 0 Å². The SMILES string of the molecule is [2H]C([2H])([2H])c1nccc(Nc2cn(C)c3ccn(C(C)C(F)(F)F)c(=O)c23)c1C(N)=O. The maximum atomic E-state index is 13.2. The maximum absolute atomic E-state index is 13.2. The van der Waals surface area contributed by atoms with Crippen molar-refractivity contribution in [1.29, 1.82) is 0 Å². The van der Waals surface area contributed by atoms with Gasteiger partial charge < -0.3 is 20.2 Å². The van der Waals surface area contributed by atoms with E-state index in [0.29, 0.717) is 10.1 Å². The van der Waals surface area contributed by atoms with E-state index >= 15 is 0 Å². The van der Waals surface area contributed by atoms with Crippen LogP contribution in [0, 0.1) is 6.85 Å². The summed E-state index contributed by atoms with van der Waals surface area (Å²) in [5, 5.41) is 2.70. The molecule has 7 nitrogen and oxygen atoms in total. The number of pyridine rings is 2. The highest BCUT2D eigenvalue weighted by atomic mass is 19.4. The van der Waals surface area contributed by atoms with Crippen molar-refractivity contribution >= 4 is 28.2 Å². The normalized spacial score (nSPS) is 15.0. The molecule has 0 radical (unpaired) electrons. The molecule has 0 saturated heterocycles. The second kappa shape index (κ2) is 6.70. The summed E-state index contributed by atoms with van der Waals surface area (Å²) in [6.07, 6.45) is -1.00. The van der Waals surface area contributed by atoms with Crippen LogP contribution in [0.15, 0.2) is 35.5 Å². The smallest absolute Gasteiger partial charge is 0.365 e. The zero-order valence-electron chi connectivity index (χ0n) is 17.8. The lowest BCUT2D eigenvalue weighted by atomic mass is 10.1. The third-order valence-electron chi connectivity index (χ3n) is 4.43. The Kier molecular flexibility index (Phi) is 3.76. The zero-order valence-corrected chi connectivity index (χ0v) is 14.8. The average molecular weight is 396 g/mol. The van der Waals surface area contributed by atoms with Crippen molar-refractivity contribution in [1.82, 2.24) is 14.1 Å². The molecule has 1 unspecified atom stereocenters. The lowest BCUT2D eigenvalue weighted by Gasteiger charge is -2.18. The predicted octanol–water partition coefficient (Wildman–Crippen LogP) is 3.01. The molecule has 1 amide bonds. The summed E-state index contributed by atoms with van der Waals surface area (Å²) < 4.78 is 64.3. The first-order valence-corrected chi connectivity index (χ1v) is 8.06. The van der Waals surface area contributed by atoms with E-state index in [2.05, 4.69) is 10.3 Å². The summed E-state index contributed by atoms with van der Waals surface area (Å²) >= 11 is 0. The number of amides is 1. The van der Waals surface area contributed by atoms with Gasteiger partial charge in [0, 0.05) is 29.8 Å². The van der Waals surface area contributed by atoms with Gasteiger partial charge in [-0.05, 0) is 25.9 Å². The molecule has 0 fully saturated rings. The number of aromatic nitrogens is 3. The largest absolute Gasteiger partial charge is 0.408 e. The predicted molar refractivity (Wildman–Crippen MR) is 98.7 cm³/mol. The Morgan fingerprint density at radius 2 is 2.07 bits per heavy atom. The molecule has 3 N–H and O–H groups in total. The highest BCUT2D eigenvalue weighted by molar-refractivity contribution is 6.02. The number of halogens is 3. The molecule has 28 heavy (non-hydrogen) atoms. The molecule has 0 bridgehead atoms. The lowest BCUT2D eigenvalue weighted by molar-refractivity contribution is -0.163. The summed E-state index contributed by atoms with van der Waals surface area (Å²) in [6, 6.07) is 0.579. The van der Waals surface area contributed by atoms with Crippen LogP contribution < -0.4 is 16.6 Å². The van der Waals surface area contributed by atoms with E-state index in [-0.39, 0.29) is 16.8 Å². The zero-order chi connectivity index (χ0) is 23.3. The third-order valence-corrected chi connectivity index (χ3v) is 4.43. The van der Waals surface area contributed by atoms with Gasteiger partial charge in [-0.15, -0.1) is 0 Å². The Morgan fingerprint density at radius 1 is 1.36 bits per heavy atom. The standard InChI is InChI=1S/C18H18F3N5O2/c1-9-14(16(22)27)11(4-6-23-9)24-12-8-25(3)13-5-7-26(17(28)15(12)13)10(2)18(19,20)21/h4-8,10H,1-3H3,(H2,22,27)(H,23,24)/i1D3. The third kappa shape index (κ3) is 3.21. The van der Waals surface area contributed by atoms with E-state index in [1.165, 1.54) is 22.9 Å². The number of carbonyl (C=O) groups excluding carboxylic acids is 1.